The van der Waals surface area contributed by atoms with Gasteiger partial charge in [-0.25, -0.2) is 14.3 Å². The van der Waals surface area contributed by atoms with Gasteiger partial charge in [0.05, 0.1) is 12.8 Å². The minimum absolute atomic E-state index is 0.289. The smallest absolute Gasteiger partial charge is 0.267 e. The highest BCUT2D eigenvalue weighted by Gasteiger charge is 2.18. The molecule has 0 fully saturated rings. The number of rotatable bonds is 8. The van der Waals surface area contributed by atoms with Crippen LogP contribution in [0.1, 0.15) is 18.7 Å². The molecule has 32 heavy (non-hydrogen) atoms. The summed E-state index contributed by atoms with van der Waals surface area (Å²) in [5.41, 5.74) is 1.55. The lowest BCUT2D eigenvalue weighted by atomic mass is 10.2. The Labute approximate surface area is 188 Å². The van der Waals surface area contributed by atoms with Gasteiger partial charge in [0.15, 0.2) is 5.82 Å². The minimum atomic E-state index is -0.761. The van der Waals surface area contributed by atoms with Gasteiger partial charge in [0.25, 0.3) is 5.56 Å². The number of thiazole rings is 1. The first kappa shape index (κ1) is 21.4. The zero-order chi connectivity index (χ0) is 22.5. The maximum Gasteiger partial charge on any atom is 0.267 e. The number of aromatic nitrogens is 5. The third kappa shape index (κ3) is 4.75. The van der Waals surface area contributed by atoms with Crippen LogP contribution in [0, 0.1) is 0 Å². The molecular formula is C22H22N6O3S. The lowest BCUT2D eigenvalue weighted by Crippen LogP contribution is -2.38. The molecule has 1 aromatic carbocycles. The quantitative estimate of drug-likeness (QED) is 0.442. The second-order valence-electron chi connectivity index (χ2n) is 7.01. The van der Waals surface area contributed by atoms with Gasteiger partial charge >= 0.3 is 0 Å². The Balaban J connectivity index is 1.36. The highest BCUT2D eigenvalue weighted by atomic mass is 32.1. The van der Waals surface area contributed by atoms with E-state index in [0.29, 0.717) is 18.8 Å². The first-order valence-electron chi connectivity index (χ1n) is 10.0. The SMILES string of the molecule is COc1ccc(-c2nc(CCNC(=O)C(C)n3nc(-n4cccn4)ccc3=O)cs2)cc1. The van der Waals surface area contributed by atoms with E-state index in [2.05, 4.69) is 20.5 Å². The van der Waals surface area contributed by atoms with Gasteiger partial charge in [0, 0.05) is 42.4 Å². The van der Waals surface area contributed by atoms with Crippen molar-refractivity contribution in [1.82, 2.24) is 29.9 Å². The van der Waals surface area contributed by atoms with Crippen LogP contribution in [0.5, 0.6) is 5.75 Å². The number of carbonyl (C=O) groups excluding carboxylic acids is 1. The van der Waals surface area contributed by atoms with Crippen molar-refractivity contribution in [3.05, 3.63) is 76.3 Å². The molecule has 1 amide bonds. The van der Waals surface area contributed by atoms with E-state index in [-0.39, 0.29) is 11.5 Å². The molecule has 1 N–H and O–H groups in total. The fraction of sp³-hybridized carbons (Fsp3) is 0.227. The number of amides is 1. The monoisotopic (exact) mass is 450 g/mol. The van der Waals surface area contributed by atoms with Crippen LogP contribution >= 0.6 is 11.3 Å². The van der Waals surface area contributed by atoms with Gasteiger partial charge in [0.2, 0.25) is 5.91 Å². The van der Waals surface area contributed by atoms with E-state index >= 15 is 0 Å². The molecule has 1 atom stereocenters. The number of nitrogens with one attached hydrogen (secondary N) is 1. The Morgan fingerprint density at radius 3 is 2.75 bits per heavy atom. The predicted octanol–water partition coefficient (Wildman–Crippen LogP) is 2.48. The van der Waals surface area contributed by atoms with Gasteiger partial charge in [-0.05, 0) is 43.3 Å². The van der Waals surface area contributed by atoms with Gasteiger partial charge in [-0.1, -0.05) is 0 Å². The maximum atomic E-state index is 12.6. The molecule has 0 bridgehead atoms. The molecule has 3 aromatic heterocycles. The van der Waals surface area contributed by atoms with Crippen LogP contribution in [0.2, 0.25) is 0 Å². The molecule has 0 spiro atoms. The molecule has 4 aromatic rings. The van der Waals surface area contributed by atoms with Crippen molar-refractivity contribution >= 4 is 17.2 Å². The molecule has 4 rings (SSSR count). The van der Waals surface area contributed by atoms with E-state index in [1.807, 2.05) is 29.6 Å². The lowest BCUT2D eigenvalue weighted by Gasteiger charge is -2.14. The molecule has 0 aliphatic carbocycles. The Bertz CT molecular complexity index is 1250. The second kappa shape index (κ2) is 9.56. The number of carbonyl (C=O) groups is 1. The fourth-order valence-corrected chi connectivity index (χ4v) is 3.94. The first-order chi connectivity index (χ1) is 15.5. The van der Waals surface area contributed by atoms with Crippen molar-refractivity contribution in [2.75, 3.05) is 13.7 Å². The number of hydrogen-bond donors (Lipinski definition) is 1. The molecule has 0 aliphatic heterocycles. The highest BCUT2D eigenvalue weighted by Crippen LogP contribution is 2.25. The van der Waals surface area contributed by atoms with Crippen LogP contribution in [0.15, 0.2) is 65.0 Å². The number of benzene rings is 1. The Kier molecular flexibility index (Phi) is 6.41. The molecular weight excluding hydrogens is 428 g/mol. The normalized spacial score (nSPS) is 11.8. The summed E-state index contributed by atoms with van der Waals surface area (Å²) in [7, 11) is 1.63. The van der Waals surface area contributed by atoms with E-state index in [4.69, 9.17) is 4.74 Å². The summed E-state index contributed by atoms with van der Waals surface area (Å²) < 4.78 is 7.88. The number of hydrogen-bond acceptors (Lipinski definition) is 7. The summed E-state index contributed by atoms with van der Waals surface area (Å²) in [5.74, 6) is 0.969. The lowest BCUT2D eigenvalue weighted by molar-refractivity contribution is -0.124. The van der Waals surface area contributed by atoms with Crippen LogP contribution in [-0.4, -0.2) is 44.1 Å². The van der Waals surface area contributed by atoms with Crippen molar-refractivity contribution < 1.29 is 9.53 Å². The van der Waals surface area contributed by atoms with Crippen molar-refractivity contribution in [3.63, 3.8) is 0 Å². The van der Waals surface area contributed by atoms with Crippen molar-refractivity contribution in [2.24, 2.45) is 0 Å². The Morgan fingerprint density at radius 1 is 1.22 bits per heavy atom. The van der Waals surface area contributed by atoms with Crippen LogP contribution in [-0.2, 0) is 11.2 Å². The van der Waals surface area contributed by atoms with Crippen LogP contribution in [0.4, 0.5) is 0 Å². The maximum absolute atomic E-state index is 12.6. The Morgan fingerprint density at radius 2 is 2.03 bits per heavy atom. The third-order valence-corrected chi connectivity index (χ3v) is 5.81. The van der Waals surface area contributed by atoms with Gasteiger partial charge in [-0.3, -0.25) is 9.59 Å². The molecule has 164 valence electrons. The topological polar surface area (TPSA) is 104 Å². The first-order valence-corrected chi connectivity index (χ1v) is 10.9. The second-order valence-corrected chi connectivity index (χ2v) is 7.87. The summed E-state index contributed by atoms with van der Waals surface area (Å²) in [6.07, 6.45) is 3.92. The zero-order valence-corrected chi connectivity index (χ0v) is 18.5. The van der Waals surface area contributed by atoms with Crippen molar-refractivity contribution in [2.45, 2.75) is 19.4 Å². The van der Waals surface area contributed by atoms with Crippen molar-refractivity contribution in [3.8, 4) is 22.1 Å². The third-order valence-electron chi connectivity index (χ3n) is 4.87. The molecule has 9 nitrogen and oxygen atoms in total. The number of methoxy groups -OCH3 is 1. The van der Waals surface area contributed by atoms with Crippen LogP contribution in [0.25, 0.3) is 16.4 Å². The van der Waals surface area contributed by atoms with E-state index in [9.17, 15) is 9.59 Å². The Hall–Kier alpha value is -3.79. The van der Waals surface area contributed by atoms with E-state index in [1.165, 1.54) is 10.7 Å². The standard InChI is InChI=1S/C22H22N6O3S/c1-15(28-20(29)9-8-19(26-28)27-13-3-11-24-27)21(30)23-12-10-17-14-32-22(25-17)16-4-6-18(31-2)7-5-16/h3-9,11,13-15H,10,12H2,1-2H3,(H,23,30). The molecule has 0 radical (unpaired) electrons. The van der Waals surface area contributed by atoms with E-state index in [1.54, 1.807) is 49.9 Å². The molecule has 3 heterocycles. The largest absolute Gasteiger partial charge is 0.497 e. The van der Waals surface area contributed by atoms with Gasteiger partial charge < -0.3 is 10.1 Å². The van der Waals surface area contributed by atoms with Crippen LogP contribution < -0.4 is 15.6 Å². The molecule has 0 saturated heterocycles. The van der Waals surface area contributed by atoms with Gasteiger partial charge in [-0.2, -0.15) is 5.10 Å². The van der Waals surface area contributed by atoms with Crippen molar-refractivity contribution in [1.29, 1.82) is 0 Å². The molecule has 0 aliphatic rings. The number of ether oxygens (including phenoxy) is 1. The minimum Gasteiger partial charge on any atom is -0.497 e. The molecule has 1 unspecified atom stereocenters. The summed E-state index contributed by atoms with van der Waals surface area (Å²) in [5, 5.41) is 14.1. The van der Waals surface area contributed by atoms with E-state index in [0.717, 1.165) is 26.7 Å². The van der Waals surface area contributed by atoms with Crippen LogP contribution in [0.3, 0.4) is 0 Å². The average molecular weight is 451 g/mol. The van der Waals surface area contributed by atoms with Gasteiger partial charge in [0.1, 0.15) is 16.8 Å². The zero-order valence-electron chi connectivity index (χ0n) is 17.6. The predicted molar refractivity (Wildman–Crippen MR) is 121 cm³/mol. The summed E-state index contributed by atoms with van der Waals surface area (Å²) in [6, 6.07) is 11.7. The summed E-state index contributed by atoms with van der Waals surface area (Å²) in [4.78, 5) is 29.5. The van der Waals surface area contributed by atoms with Gasteiger partial charge in [-0.15, -0.1) is 16.4 Å². The molecule has 10 heteroatoms. The summed E-state index contributed by atoms with van der Waals surface area (Å²) >= 11 is 1.55. The number of nitrogens with zero attached hydrogens (tertiary/aromatic N) is 5. The fourth-order valence-electron chi connectivity index (χ4n) is 3.08. The highest BCUT2D eigenvalue weighted by molar-refractivity contribution is 7.13. The molecule has 0 saturated carbocycles. The summed E-state index contributed by atoms with van der Waals surface area (Å²) in [6.45, 7) is 2.05. The average Bonchev–Trinajstić information content (AvgIpc) is 3.52. The van der Waals surface area contributed by atoms with E-state index < -0.39 is 6.04 Å².